The molecule has 3 aromatic rings. The number of anilines is 1. The van der Waals surface area contributed by atoms with Crippen molar-refractivity contribution in [3.8, 4) is 11.5 Å². The Labute approximate surface area is 197 Å². The number of benzene rings is 3. The number of hydrogen-bond acceptors (Lipinski definition) is 5. The van der Waals surface area contributed by atoms with E-state index in [9.17, 15) is 19.5 Å². The van der Waals surface area contributed by atoms with E-state index in [0.29, 0.717) is 29.0 Å². The van der Waals surface area contributed by atoms with Gasteiger partial charge in [0.05, 0.1) is 0 Å². The van der Waals surface area contributed by atoms with Crippen LogP contribution < -0.4 is 10.1 Å². The molecule has 1 amide bonds. The van der Waals surface area contributed by atoms with Crippen LogP contribution >= 0.6 is 0 Å². The normalized spacial score (nSPS) is 13.9. The third-order valence-corrected chi connectivity index (χ3v) is 5.34. The molecule has 1 atom stereocenters. The number of aromatic hydroxyl groups is 1. The molecule has 34 heavy (non-hydrogen) atoms. The molecule has 4 rings (SSSR count). The quantitative estimate of drug-likeness (QED) is 0.515. The van der Waals surface area contributed by atoms with Gasteiger partial charge in [-0.2, -0.15) is 0 Å². The maximum absolute atomic E-state index is 12.7. The van der Waals surface area contributed by atoms with Crippen LogP contribution in [-0.4, -0.2) is 28.7 Å². The summed E-state index contributed by atoms with van der Waals surface area (Å²) in [5, 5.41) is 12.2. The summed E-state index contributed by atoms with van der Waals surface area (Å²) in [7, 11) is 0. The first kappa shape index (κ1) is 22.7. The SMILES string of the molecule is CC(Oc1ccc(Cc2ccc(O)cc2)cc1)C(=O)Nc1cccc(C2=CC(=O)C=CC2=O)c1. The fourth-order valence-corrected chi connectivity index (χ4v) is 3.54. The smallest absolute Gasteiger partial charge is 0.265 e. The summed E-state index contributed by atoms with van der Waals surface area (Å²) in [4.78, 5) is 36.4. The molecule has 170 valence electrons. The molecule has 1 aliphatic carbocycles. The van der Waals surface area contributed by atoms with Crippen molar-refractivity contribution in [1.29, 1.82) is 0 Å². The number of rotatable bonds is 7. The molecule has 1 unspecified atom stereocenters. The minimum Gasteiger partial charge on any atom is -0.508 e. The highest BCUT2D eigenvalue weighted by molar-refractivity contribution is 6.34. The second kappa shape index (κ2) is 10.0. The highest BCUT2D eigenvalue weighted by atomic mass is 16.5. The third-order valence-electron chi connectivity index (χ3n) is 5.34. The van der Waals surface area contributed by atoms with E-state index < -0.39 is 6.10 Å². The Morgan fingerprint density at radius 2 is 1.62 bits per heavy atom. The fourth-order valence-electron chi connectivity index (χ4n) is 3.54. The number of ketones is 2. The van der Waals surface area contributed by atoms with Gasteiger partial charge in [0, 0.05) is 11.3 Å². The van der Waals surface area contributed by atoms with Crippen molar-refractivity contribution in [2.75, 3.05) is 5.32 Å². The molecule has 6 nitrogen and oxygen atoms in total. The summed E-state index contributed by atoms with van der Waals surface area (Å²) < 4.78 is 5.78. The van der Waals surface area contributed by atoms with Gasteiger partial charge in [-0.3, -0.25) is 14.4 Å². The average Bonchev–Trinajstić information content (AvgIpc) is 2.83. The van der Waals surface area contributed by atoms with Crippen molar-refractivity contribution in [1.82, 2.24) is 0 Å². The van der Waals surface area contributed by atoms with E-state index in [-0.39, 0.29) is 23.2 Å². The summed E-state index contributed by atoms with van der Waals surface area (Å²) in [5.41, 5.74) is 3.50. The van der Waals surface area contributed by atoms with Gasteiger partial charge in [0.1, 0.15) is 11.5 Å². The van der Waals surface area contributed by atoms with Gasteiger partial charge in [-0.25, -0.2) is 0 Å². The third kappa shape index (κ3) is 5.66. The maximum atomic E-state index is 12.7. The molecule has 0 spiro atoms. The van der Waals surface area contributed by atoms with E-state index in [1.54, 1.807) is 43.3 Å². The maximum Gasteiger partial charge on any atom is 0.265 e. The van der Waals surface area contributed by atoms with Crippen LogP contribution in [0.1, 0.15) is 23.6 Å². The fraction of sp³-hybridized carbons (Fsp3) is 0.107. The average molecular weight is 453 g/mol. The van der Waals surface area contributed by atoms with E-state index in [4.69, 9.17) is 4.74 Å². The standard InChI is InChI=1S/C28H23NO5/c1-18(34-25-12-7-20(8-13-25)15-19-5-9-23(30)10-6-19)28(33)29-22-4-2-3-21(16-22)26-17-24(31)11-14-27(26)32/h2-14,16-18,30H,15H2,1H3,(H,29,33). The van der Waals surface area contributed by atoms with E-state index in [1.165, 1.54) is 18.2 Å². The molecule has 2 N–H and O–H groups in total. The van der Waals surface area contributed by atoms with Gasteiger partial charge in [-0.1, -0.05) is 36.4 Å². The van der Waals surface area contributed by atoms with Crippen LogP contribution in [0, 0.1) is 0 Å². The van der Waals surface area contributed by atoms with Gasteiger partial charge in [0.2, 0.25) is 0 Å². The number of allylic oxidation sites excluding steroid dienone is 4. The van der Waals surface area contributed by atoms with Crippen LogP contribution in [0.5, 0.6) is 11.5 Å². The summed E-state index contributed by atoms with van der Waals surface area (Å²) >= 11 is 0. The number of phenols is 1. The van der Waals surface area contributed by atoms with E-state index in [2.05, 4.69) is 5.32 Å². The first-order valence-corrected chi connectivity index (χ1v) is 10.8. The summed E-state index contributed by atoms with van der Waals surface area (Å²) in [6, 6.07) is 21.3. The monoisotopic (exact) mass is 453 g/mol. The highest BCUT2D eigenvalue weighted by Gasteiger charge is 2.18. The zero-order valence-corrected chi connectivity index (χ0v) is 18.5. The number of carbonyl (C=O) groups excluding carboxylic acids is 3. The van der Waals surface area contributed by atoms with Crippen molar-refractivity contribution in [3.63, 3.8) is 0 Å². The first-order valence-electron chi connectivity index (χ1n) is 10.8. The van der Waals surface area contributed by atoms with E-state index in [0.717, 1.165) is 11.1 Å². The van der Waals surface area contributed by atoms with Crippen LogP contribution in [0.2, 0.25) is 0 Å². The summed E-state index contributed by atoms with van der Waals surface area (Å²) in [5.74, 6) is -0.0496. The first-order chi connectivity index (χ1) is 16.4. The van der Waals surface area contributed by atoms with Gasteiger partial charge >= 0.3 is 0 Å². The predicted octanol–water partition coefficient (Wildman–Crippen LogP) is 4.48. The molecule has 0 radical (unpaired) electrons. The van der Waals surface area contributed by atoms with Crippen molar-refractivity contribution in [2.45, 2.75) is 19.4 Å². The molecule has 0 fully saturated rings. The van der Waals surface area contributed by atoms with Crippen LogP contribution in [0.25, 0.3) is 5.57 Å². The molecule has 0 bridgehead atoms. The second-order valence-electron chi connectivity index (χ2n) is 7.98. The largest absolute Gasteiger partial charge is 0.508 e. The number of amides is 1. The lowest BCUT2D eigenvalue weighted by Gasteiger charge is -2.16. The lowest BCUT2D eigenvalue weighted by Crippen LogP contribution is -2.30. The molecule has 0 saturated heterocycles. The van der Waals surface area contributed by atoms with E-state index in [1.807, 2.05) is 36.4 Å². The minimum atomic E-state index is -0.758. The molecular weight excluding hydrogens is 430 g/mol. The zero-order valence-electron chi connectivity index (χ0n) is 18.5. The Morgan fingerprint density at radius 3 is 2.32 bits per heavy atom. The molecule has 3 aromatic carbocycles. The molecule has 1 aliphatic rings. The Bertz CT molecular complexity index is 1290. The van der Waals surface area contributed by atoms with Gasteiger partial charge in [-0.15, -0.1) is 0 Å². The van der Waals surface area contributed by atoms with E-state index >= 15 is 0 Å². The number of nitrogens with one attached hydrogen (secondary N) is 1. The summed E-state index contributed by atoms with van der Waals surface area (Å²) in [6.45, 7) is 1.65. The number of phenolic OH excluding ortho intramolecular Hbond substituents is 1. The molecule has 6 heteroatoms. The molecule has 0 saturated carbocycles. The molecule has 0 aromatic heterocycles. The number of carbonyl (C=O) groups is 3. The summed E-state index contributed by atoms with van der Waals surface area (Å²) in [6.07, 6.45) is 3.73. The molecular formula is C28H23NO5. The topological polar surface area (TPSA) is 92.7 Å². The lowest BCUT2D eigenvalue weighted by molar-refractivity contribution is -0.122. The van der Waals surface area contributed by atoms with Crippen LogP contribution in [0.15, 0.2) is 91.0 Å². The Morgan fingerprint density at radius 1 is 0.941 bits per heavy atom. The number of hydrogen-bond donors (Lipinski definition) is 2. The zero-order chi connectivity index (χ0) is 24.1. The van der Waals surface area contributed by atoms with Gasteiger partial charge < -0.3 is 15.2 Å². The van der Waals surface area contributed by atoms with Crippen LogP contribution in [-0.2, 0) is 20.8 Å². The van der Waals surface area contributed by atoms with Crippen molar-refractivity contribution in [2.24, 2.45) is 0 Å². The lowest BCUT2D eigenvalue weighted by atomic mass is 9.96. The molecule has 0 aliphatic heterocycles. The van der Waals surface area contributed by atoms with Gasteiger partial charge in [0.25, 0.3) is 5.91 Å². The Hall–Kier alpha value is -4.45. The van der Waals surface area contributed by atoms with Crippen molar-refractivity contribution in [3.05, 3.63) is 108 Å². The van der Waals surface area contributed by atoms with Gasteiger partial charge in [-0.05, 0) is 84.7 Å². The van der Waals surface area contributed by atoms with Gasteiger partial charge in [0.15, 0.2) is 17.7 Å². The van der Waals surface area contributed by atoms with Crippen LogP contribution in [0.3, 0.4) is 0 Å². The van der Waals surface area contributed by atoms with Crippen LogP contribution in [0.4, 0.5) is 5.69 Å². The van der Waals surface area contributed by atoms with Crippen molar-refractivity contribution < 1.29 is 24.2 Å². The predicted molar refractivity (Wildman–Crippen MR) is 130 cm³/mol. The second-order valence-corrected chi connectivity index (χ2v) is 7.98. The number of ether oxygens (including phenoxy) is 1. The minimum absolute atomic E-state index is 0.235. The Kier molecular flexibility index (Phi) is 6.69. The Balaban J connectivity index is 1.36. The van der Waals surface area contributed by atoms with Crippen molar-refractivity contribution >= 4 is 28.7 Å². The molecule has 0 heterocycles. The highest BCUT2D eigenvalue weighted by Crippen LogP contribution is 2.23.